The molecule has 0 saturated heterocycles. The second-order valence-corrected chi connectivity index (χ2v) is 5.40. The number of fused-ring (bicyclic) bond motifs is 1. The van der Waals surface area contributed by atoms with Gasteiger partial charge >= 0.3 is 0 Å². The van der Waals surface area contributed by atoms with E-state index in [1.807, 2.05) is 31.2 Å². The van der Waals surface area contributed by atoms with Gasteiger partial charge in [0.1, 0.15) is 0 Å². The Morgan fingerprint density at radius 3 is 2.79 bits per heavy atom. The van der Waals surface area contributed by atoms with E-state index in [0.29, 0.717) is 25.7 Å². The van der Waals surface area contributed by atoms with Gasteiger partial charge in [-0.1, -0.05) is 12.1 Å². The third kappa shape index (κ3) is 3.98. The van der Waals surface area contributed by atoms with Crippen molar-refractivity contribution in [2.24, 2.45) is 4.99 Å². The van der Waals surface area contributed by atoms with Crippen molar-refractivity contribution >= 4 is 11.6 Å². The molecule has 1 aromatic heterocycles. The van der Waals surface area contributed by atoms with Crippen LogP contribution in [0.3, 0.4) is 0 Å². The molecule has 2 N–H and O–H groups in total. The Hall–Kier alpha value is -2.70. The number of benzene rings is 1. The molecule has 0 fully saturated rings. The molecule has 7 nitrogen and oxygen atoms in total. The van der Waals surface area contributed by atoms with E-state index in [1.54, 1.807) is 7.05 Å². The van der Waals surface area contributed by atoms with Gasteiger partial charge in [-0.15, -0.1) is 0 Å². The van der Waals surface area contributed by atoms with Crippen LogP contribution in [-0.2, 0) is 13.0 Å². The highest BCUT2D eigenvalue weighted by molar-refractivity contribution is 5.93. The summed E-state index contributed by atoms with van der Waals surface area (Å²) in [5.41, 5.74) is 1.82. The predicted molar refractivity (Wildman–Crippen MR) is 91.8 cm³/mol. The fraction of sp³-hybridized carbons (Fsp3) is 0.412. The molecule has 7 heteroatoms. The minimum Gasteiger partial charge on any atom is -0.490 e. The molecule has 0 radical (unpaired) electrons. The Bertz CT molecular complexity index is 712. The van der Waals surface area contributed by atoms with Gasteiger partial charge in [0.15, 0.2) is 23.2 Å². The molecule has 2 aromatic rings. The zero-order valence-electron chi connectivity index (χ0n) is 14.0. The summed E-state index contributed by atoms with van der Waals surface area (Å²) in [6.45, 7) is 3.89. The first-order valence-corrected chi connectivity index (χ1v) is 8.10. The number of aryl methyl sites for hydroxylation is 1. The van der Waals surface area contributed by atoms with E-state index in [9.17, 15) is 0 Å². The van der Waals surface area contributed by atoms with Crippen LogP contribution in [-0.4, -0.2) is 31.4 Å². The average Bonchev–Trinajstić information content (AvgIpc) is 2.95. The van der Waals surface area contributed by atoms with Gasteiger partial charge in [0.05, 0.1) is 25.5 Å². The smallest absolute Gasteiger partial charge is 0.195 e. The van der Waals surface area contributed by atoms with Crippen LogP contribution < -0.4 is 20.1 Å². The van der Waals surface area contributed by atoms with Crippen molar-refractivity contribution in [3.05, 3.63) is 35.7 Å². The lowest BCUT2D eigenvalue weighted by Gasteiger charge is -2.13. The number of guanidine groups is 1. The number of nitrogens with zero attached hydrogens (tertiary/aromatic N) is 2. The number of rotatable bonds is 4. The molecule has 128 valence electrons. The zero-order chi connectivity index (χ0) is 16.8. The van der Waals surface area contributed by atoms with Crippen molar-refractivity contribution in [1.82, 2.24) is 10.5 Å². The molecule has 1 aliphatic heterocycles. The number of aliphatic imine (C=N–C) groups is 1. The van der Waals surface area contributed by atoms with Gasteiger partial charge in [-0.2, -0.15) is 0 Å². The minimum atomic E-state index is 0.511. The Balaban J connectivity index is 1.61. The maximum absolute atomic E-state index is 5.70. The minimum absolute atomic E-state index is 0.511. The van der Waals surface area contributed by atoms with Crippen molar-refractivity contribution < 1.29 is 14.0 Å². The van der Waals surface area contributed by atoms with Gasteiger partial charge in [0.25, 0.3) is 0 Å². The Kier molecular flexibility index (Phi) is 5.20. The topological polar surface area (TPSA) is 80.9 Å². The van der Waals surface area contributed by atoms with Crippen LogP contribution in [0.15, 0.2) is 33.8 Å². The maximum atomic E-state index is 5.70. The lowest BCUT2D eigenvalue weighted by molar-refractivity contribution is 0.297. The summed E-state index contributed by atoms with van der Waals surface area (Å²) < 4.78 is 16.6. The summed E-state index contributed by atoms with van der Waals surface area (Å²) in [5, 5.41) is 10.4. The Morgan fingerprint density at radius 2 is 2.04 bits per heavy atom. The molecule has 3 rings (SSSR count). The molecular formula is C17H22N4O3. The highest BCUT2D eigenvalue weighted by atomic mass is 16.5. The molecule has 0 amide bonds. The first kappa shape index (κ1) is 16.2. The number of hydrogen-bond donors (Lipinski definition) is 2. The van der Waals surface area contributed by atoms with Crippen molar-refractivity contribution in [3.63, 3.8) is 0 Å². The van der Waals surface area contributed by atoms with Crippen LogP contribution in [0.25, 0.3) is 0 Å². The zero-order valence-corrected chi connectivity index (χ0v) is 14.0. The third-order valence-electron chi connectivity index (χ3n) is 3.63. The van der Waals surface area contributed by atoms with E-state index in [-0.39, 0.29) is 0 Å². The summed E-state index contributed by atoms with van der Waals surface area (Å²) in [6.07, 6.45) is 1.74. The van der Waals surface area contributed by atoms with Crippen molar-refractivity contribution in [1.29, 1.82) is 0 Å². The quantitative estimate of drug-likeness (QED) is 0.662. The van der Waals surface area contributed by atoms with Gasteiger partial charge in [-0.3, -0.25) is 4.99 Å². The second-order valence-electron chi connectivity index (χ2n) is 5.40. The first-order chi connectivity index (χ1) is 11.8. The van der Waals surface area contributed by atoms with Crippen molar-refractivity contribution in [2.45, 2.75) is 26.3 Å². The van der Waals surface area contributed by atoms with E-state index in [4.69, 9.17) is 14.0 Å². The second kappa shape index (κ2) is 7.72. The fourth-order valence-electron chi connectivity index (χ4n) is 2.33. The van der Waals surface area contributed by atoms with Crippen molar-refractivity contribution in [2.75, 3.05) is 25.6 Å². The van der Waals surface area contributed by atoms with E-state index in [1.165, 1.54) is 0 Å². The van der Waals surface area contributed by atoms with E-state index in [0.717, 1.165) is 41.5 Å². The van der Waals surface area contributed by atoms with E-state index < -0.39 is 0 Å². The molecule has 0 bridgehead atoms. The molecule has 0 spiro atoms. The van der Waals surface area contributed by atoms with Crippen LogP contribution in [0, 0.1) is 0 Å². The molecule has 0 atom stereocenters. The molecule has 2 heterocycles. The average molecular weight is 330 g/mol. The van der Waals surface area contributed by atoms with E-state index in [2.05, 4.69) is 20.8 Å². The summed E-state index contributed by atoms with van der Waals surface area (Å²) in [7, 11) is 1.72. The Labute approximate surface area is 141 Å². The highest BCUT2D eigenvalue weighted by Crippen LogP contribution is 2.32. The first-order valence-electron chi connectivity index (χ1n) is 8.10. The third-order valence-corrected chi connectivity index (χ3v) is 3.63. The number of aromatic nitrogens is 1. The summed E-state index contributed by atoms with van der Waals surface area (Å²) in [5.74, 6) is 2.93. The van der Waals surface area contributed by atoms with Gasteiger partial charge in [0.2, 0.25) is 0 Å². The summed E-state index contributed by atoms with van der Waals surface area (Å²) in [4.78, 5) is 4.22. The number of anilines is 1. The molecule has 0 unspecified atom stereocenters. The SMILES string of the molecule is CCc1cc(CNC(=NC)Nc2ccc3c(c2)OCCCO3)on1. The molecule has 0 aliphatic carbocycles. The molecule has 24 heavy (non-hydrogen) atoms. The predicted octanol–water partition coefficient (Wildman–Crippen LogP) is 2.59. The normalized spacial score (nSPS) is 14.2. The molecule has 1 aromatic carbocycles. The van der Waals surface area contributed by atoms with Crippen LogP contribution in [0.4, 0.5) is 5.69 Å². The fourth-order valence-corrected chi connectivity index (χ4v) is 2.33. The van der Waals surface area contributed by atoms with Gasteiger partial charge < -0.3 is 24.6 Å². The molecule has 1 aliphatic rings. The molecular weight excluding hydrogens is 308 g/mol. The summed E-state index contributed by atoms with van der Waals surface area (Å²) in [6, 6.07) is 7.69. The van der Waals surface area contributed by atoms with Crippen molar-refractivity contribution in [3.8, 4) is 11.5 Å². The monoisotopic (exact) mass is 330 g/mol. The largest absolute Gasteiger partial charge is 0.490 e. The van der Waals surface area contributed by atoms with Crippen LogP contribution >= 0.6 is 0 Å². The van der Waals surface area contributed by atoms with Gasteiger partial charge in [-0.25, -0.2) is 0 Å². The lowest BCUT2D eigenvalue weighted by atomic mass is 10.2. The van der Waals surface area contributed by atoms with Crippen LogP contribution in [0.2, 0.25) is 0 Å². The van der Waals surface area contributed by atoms with Gasteiger partial charge in [-0.05, 0) is 18.6 Å². The summed E-state index contributed by atoms with van der Waals surface area (Å²) >= 11 is 0. The Morgan fingerprint density at radius 1 is 1.21 bits per heavy atom. The van der Waals surface area contributed by atoms with Crippen LogP contribution in [0.5, 0.6) is 11.5 Å². The number of nitrogens with one attached hydrogen (secondary N) is 2. The van der Waals surface area contributed by atoms with Gasteiger partial charge in [0, 0.05) is 31.3 Å². The standard InChI is InChI=1S/C17H22N4O3/c1-3-12-9-14(24-21-12)11-19-17(18-2)20-13-5-6-15-16(10-13)23-8-4-7-22-15/h5-6,9-10H,3-4,7-8,11H2,1-2H3,(H2,18,19,20). The highest BCUT2D eigenvalue weighted by Gasteiger charge is 2.11. The number of ether oxygens (including phenoxy) is 2. The number of hydrogen-bond acceptors (Lipinski definition) is 5. The molecule has 0 saturated carbocycles. The maximum Gasteiger partial charge on any atom is 0.195 e. The van der Waals surface area contributed by atoms with Crippen LogP contribution in [0.1, 0.15) is 24.8 Å². The van der Waals surface area contributed by atoms with E-state index >= 15 is 0 Å². The lowest BCUT2D eigenvalue weighted by Crippen LogP contribution is -2.30.